The Balaban J connectivity index is 1.87. The van der Waals surface area contributed by atoms with E-state index in [1.54, 1.807) is 7.11 Å². The molecule has 4 nitrogen and oxygen atoms in total. The Bertz CT molecular complexity index is 628. The van der Waals surface area contributed by atoms with Crippen molar-refractivity contribution in [1.82, 2.24) is 9.88 Å². The molecular formula is C17H23N3O. The third kappa shape index (κ3) is 2.81. The Hall–Kier alpha value is -1.81. The van der Waals surface area contributed by atoms with Gasteiger partial charge in [0.25, 0.3) is 0 Å². The highest BCUT2D eigenvalue weighted by atomic mass is 16.5. The molecule has 1 aliphatic rings. The Kier molecular flexibility index (Phi) is 3.97. The van der Waals surface area contributed by atoms with Crippen LogP contribution in [0.15, 0.2) is 30.5 Å². The van der Waals surface area contributed by atoms with Crippen molar-refractivity contribution in [1.29, 1.82) is 0 Å². The molecule has 1 aromatic carbocycles. The number of fused-ring (bicyclic) bond motifs is 1. The van der Waals surface area contributed by atoms with Crippen LogP contribution >= 0.6 is 0 Å². The highest BCUT2D eigenvalue weighted by molar-refractivity contribution is 5.95. The van der Waals surface area contributed by atoms with Crippen LogP contribution in [0, 0.1) is 0 Å². The Morgan fingerprint density at radius 2 is 2.14 bits per heavy atom. The van der Waals surface area contributed by atoms with Crippen molar-refractivity contribution >= 4 is 16.6 Å². The average Bonchev–Trinajstić information content (AvgIpc) is 2.51. The van der Waals surface area contributed by atoms with Crippen molar-refractivity contribution in [2.75, 3.05) is 26.0 Å². The first-order valence-electron chi connectivity index (χ1n) is 7.57. The highest BCUT2D eigenvalue weighted by Gasteiger charge is 2.23. The lowest BCUT2D eigenvalue weighted by molar-refractivity contribution is 0.190. The molecule has 3 rings (SSSR count). The molecule has 112 valence electrons. The molecule has 2 atom stereocenters. The second-order valence-electron chi connectivity index (χ2n) is 5.91. The predicted molar refractivity (Wildman–Crippen MR) is 87.0 cm³/mol. The normalized spacial score (nSPS) is 23.2. The average molecular weight is 285 g/mol. The number of hydrogen-bond donors (Lipinski definition) is 1. The van der Waals surface area contributed by atoms with E-state index in [0.717, 1.165) is 41.7 Å². The molecule has 2 unspecified atom stereocenters. The summed E-state index contributed by atoms with van der Waals surface area (Å²) >= 11 is 0. The minimum absolute atomic E-state index is 0.487. The number of piperidine rings is 1. The summed E-state index contributed by atoms with van der Waals surface area (Å²) in [4.78, 5) is 6.95. The number of pyridine rings is 1. The standard InChI is InChI=1S/C17H23N3O/c1-12-11-13(8-10-20(12)2)19-17-15-5-4-6-16(21-3)14(15)7-9-18-17/h4-7,9,12-13H,8,10-11H2,1-3H3,(H,18,19). The third-order valence-electron chi connectivity index (χ3n) is 4.54. The second kappa shape index (κ2) is 5.90. The third-order valence-corrected chi connectivity index (χ3v) is 4.54. The molecule has 0 bridgehead atoms. The topological polar surface area (TPSA) is 37.4 Å². The fourth-order valence-corrected chi connectivity index (χ4v) is 3.09. The number of methoxy groups -OCH3 is 1. The number of anilines is 1. The van der Waals surface area contributed by atoms with Crippen LogP contribution in [0.1, 0.15) is 19.8 Å². The molecule has 0 saturated carbocycles. The fraction of sp³-hybridized carbons (Fsp3) is 0.471. The minimum Gasteiger partial charge on any atom is -0.496 e. The maximum atomic E-state index is 5.44. The van der Waals surface area contributed by atoms with E-state index in [-0.39, 0.29) is 0 Å². The maximum absolute atomic E-state index is 5.44. The van der Waals surface area contributed by atoms with Crippen LogP contribution in [0.4, 0.5) is 5.82 Å². The molecule has 1 N–H and O–H groups in total. The molecule has 2 heterocycles. The van der Waals surface area contributed by atoms with Gasteiger partial charge in [0.2, 0.25) is 0 Å². The van der Waals surface area contributed by atoms with Gasteiger partial charge >= 0.3 is 0 Å². The number of benzene rings is 1. The van der Waals surface area contributed by atoms with Crippen LogP contribution < -0.4 is 10.1 Å². The zero-order valence-electron chi connectivity index (χ0n) is 13.0. The summed E-state index contributed by atoms with van der Waals surface area (Å²) in [6.07, 6.45) is 4.16. The summed E-state index contributed by atoms with van der Waals surface area (Å²) in [5.41, 5.74) is 0. The predicted octanol–water partition coefficient (Wildman–Crippen LogP) is 3.14. The maximum Gasteiger partial charge on any atom is 0.134 e. The number of likely N-dealkylation sites (tertiary alicyclic amines) is 1. The molecule has 21 heavy (non-hydrogen) atoms. The van der Waals surface area contributed by atoms with E-state index in [1.807, 2.05) is 24.4 Å². The summed E-state index contributed by atoms with van der Waals surface area (Å²) in [6.45, 7) is 3.42. The first-order valence-corrected chi connectivity index (χ1v) is 7.57. The molecule has 0 amide bonds. The molecule has 0 aliphatic carbocycles. The number of ether oxygens (including phenoxy) is 1. The molecular weight excluding hydrogens is 262 g/mol. The molecule has 0 spiro atoms. The monoisotopic (exact) mass is 285 g/mol. The summed E-state index contributed by atoms with van der Waals surface area (Å²) in [7, 11) is 3.91. The Morgan fingerprint density at radius 3 is 2.90 bits per heavy atom. The lowest BCUT2D eigenvalue weighted by Gasteiger charge is -2.35. The van der Waals surface area contributed by atoms with E-state index < -0.39 is 0 Å². The second-order valence-corrected chi connectivity index (χ2v) is 5.91. The number of hydrogen-bond acceptors (Lipinski definition) is 4. The van der Waals surface area contributed by atoms with E-state index >= 15 is 0 Å². The van der Waals surface area contributed by atoms with Crippen molar-refractivity contribution < 1.29 is 4.74 Å². The quantitative estimate of drug-likeness (QED) is 0.940. The van der Waals surface area contributed by atoms with E-state index in [9.17, 15) is 0 Å². The van der Waals surface area contributed by atoms with E-state index in [0.29, 0.717) is 12.1 Å². The van der Waals surface area contributed by atoms with Crippen molar-refractivity contribution in [3.8, 4) is 5.75 Å². The SMILES string of the molecule is COc1cccc2c(NC3CCN(C)C(C)C3)nccc12. The van der Waals surface area contributed by atoms with Gasteiger partial charge in [-0.2, -0.15) is 0 Å². The first-order chi connectivity index (χ1) is 10.2. The molecule has 1 aliphatic heterocycles. The van der Waals surface area contributed by atoms with Gasteiger partial charge < -0.3 is 15.0 Å². The molecule has 4 heteroatoms. The summed E-state index contributed by atoms with van der Waals surface area (Å²) in [6, 6.07) is 9.22. The van der Waals surface area contributed by atoms with Crippen LogP contribution in [-0.2, 0) is 0 Å². The molecule has 2 aromatic rings. The zero-order valence-corrected chi connectivity index (χ0v) is 13.0. The lowest BCUT2D eigenvalue weighted by Crippen LogP contribution is -2.42. The lowest BCUT2D eigenvalue weighted by atomic mass is 9.98. The summed E-state index contributed by atoms with van der Waals surface area (Å²) < 4.78 is 5.44. The Labute approximate surface area is 126 Å². The smallest absolute Gasteiger partial charge is 0.134 e. The Morgan fingerprint density at radius 1 is 1.29 bits per heavy atom. The van der Waals surface area contributed by atoms with Gasteiger partial charge in [0, 0.05) is 35.6 Å². The van der Waals surface area contributed by atoms with E-state index in [2.05, 4.69) is 35.2 Å². The number of rotatable bonds is 3. The highest BCUT2D eigenvalue weighted by Crippen LogP contribution is 2.30. The van der Waals surface area contributed by atoms with Crippen LogP contribution in [0.25, 0.3) is 10.8 Å². The van der Waals surface area contributed by atoms with Gasteiger partial charge in [0.05, 0.1) is 7.11 Å². The van der Waals surface area contributed by atoms with Crippen molar-refractivity contribution in [3.05, 3.63) is 30.5 Å². The van der Waals surface area contributed by atoms with Crippen molar-refractivity contribution in [2.45, 2.75) is 31.8 Å². The summed E-state index contributed by atoms with van der Waals surface area (Å²) in [5, 5.41) is 5.87. The van der Waals surface area contributed by atoms with Gasteiger partial charge in [0.15, 0.2) is 0 Å². The van der Waals surface area contributed by atoms with Gasteiger partial charge in [-0.3, -0.25) is 0 Å². The van der Waals surface area contributed by atoms with Gasteiger partial charge in [-0.1, -0.05) is 12.1 Å². The van der Waals surface area contributed by atoms with Crippen LogP contribution in [0.5, 0.6) is 5.75 Å². The van der Waals surface area contributed by atoms with Gasteiger partial charge in [-0.25, -0.2) is 4.98 Å². The number of nitrogens with one attached hydrogen (secondary N) is 1. The largest absolute Gasteiger partial charge is 0.496 e. The molecule has 1 aromatic heterocycles. The van der Waals surface area contributed by atoms with Crippen LogP contribution in [0.2, 0.25) is 0 Å². The number of nitrogens with zero attached hydrogens (tertiary/aromatic N) is 2. The van der Waals surface area contributed by atoms with Crippen molar-refractivity contribution in [3.63, 3.8) is 0 Å². The van der Waals surface area contributed by atoms with Gasteiger partial charge in [0.1, 0.15) is 11.6 Å². The first kappa shape index (κ1) is 14.1. The summed E-state index contributed by atoms with van der Waals surface area (Å²) in [5.74, 6) is 1.86. The van der Waals surface area contributed by atoms with E-state index in [1.165, 1.54) is 0 Å². The molecule has 1 saturated heterocycles. The number of aromatic nitrogens is 1. The minimum atomic E-state index is 0.487. The fourth-order valence-electron chi connectivity index (χ4n) is 3.09. The van der Waals surface area contributed by atoms with E-state index in [4.69, 9.17) is 4.74 Å². The molecule has 0 radical (unpaired) electrons. The zero-order chi connectivity index (χ0) is 14.8. The van der Waals surface area contributed by atoms with Gasteiger partial charge in [-0.15, -0.1) is 0 Å². The van der Waals surface area contributed by atoms with Crippen LogP contribution in [0.3, 0.4) is 0 Å². The van der Waals surface area contributed by atoms with Crippen LogP contribution in [-0.4, -0.2) is 42.7 Å². The molecule has 1 fully saturated rings. The van der Waals surface area contributed by atoms with Gasteiger partial charge in [-0.05, 0) is 38.9 Å². The van der Waals surface area contributed by atoms with Crippen molar-refractivity contribution in [2.24, 2.45) is 0 Å².